The SMILES string of the molecule is CCC1(C)CC2CC3c4oc5cc(F)c(O)cc5c4CCN(C2)C31.Cc1ccc2oc3c(c2c1)CCN1CC2CC(c4ccccc4)C1C3C2. The monoisotopic (exact) mass is 672 g/mol. The zero-order chi connectivity index (χ0) is 33.9. The highest BCUT2D eigenvalue weighted by Crippen LogP contribution is 2.57. The summed E-state index contributed by atoms with van der Waals surface area (Å²) in [5, 5.41) is 12.1. The molecule has 6 heteroatoms. The number of hydrogen-bond acceptors (Lipinski definition) is 5. The van der Waals surface area contributed by atoms with Crippen LogP contribution in [0, 0.1) is 30.0 Å². The molecule has 8 bridgehead atoms. The second-order valence-corrected chi connectivity index (χ2v) is 17.0. The predicted molar refractivity (Wildman–Crippen MR) is 195 cm³/mol. The Morgan fingerprint density at radius 3 is 2.28 bits per heavy atom. The number of aromatic hydroxyl groups is 1. The summed E-state index contributed by atoms with van der Waals surface area (Å²) in [5.74, 6) is 4.63. The zero-order valence-corrected chi connectivity index (χ0v) is 29.6. The van der Waals surface area contributed by atoms with Gasteiger partial charge in [0.2, 0.25) is 0 Å². The second-order valence-electron chi connectivity index (χ2n) is 17.0. The topological polar surface area (TPSA) is 53.0 Å². The Morgan fingerprint density at radius 1 is 0.800 bits per heavy atom. The zero-order valence-electron chi connectivity index (χ0n) is 29.6. The number of nitrogens with zero attached hydrogens (tertiary/aromatic N) is 2. The molecule has 50 heavy (non-hydrogen) atoms. The van der Waals surface area contributed by atoms with E-state index in [9.17, 15) is 9.50 Å². The van der Waals surface area contributed by atoms with Crippen molar-refractivity contribution in [3.63, 3.8) is 0 Å². The van der Waals surface area contributed by atoms with E-state index in [2.05, 4.69) is 79.1 Å². The highest BCUT2D eigenvalue weighted by Gasteiger charge is 2.55. The summed E-state index contributed by atoms with van der Waals surface area (Å²) in [7, 11) is 0. The number of hydrogen-bond donors (Lipinski definition) is 1. The number of piperidine rings is 4. The van der Waals surface area contributed by atoms with Gasteiger partial charge in [-0.25, -0.2) is 4.39 Å². The molecule has 0 spiro atoms. The largest absolute Gasteiger partial charge is 0.505 e. The van der Waals surface area contributed by atoms with E-state index in [1.54, 1.807) is 6.07 Å². The molecule has 5 nitrogen and oxygen atoms in total. The van der Waals surface area contributed by atoms with Crippen molar-refractivity contribution in [1.29, 1.82) is 0 Å². The minimum Gasteiger partial charge on any atom is -0.505 e. The van der Waals surface area contributed by atoms with Crippen molar-refractivity contribution < 1.29 is 18.3 Å². The first-order valence-electron chi connectivity index (χ1n) is 19.3. The lowest BCUT2D eigenvalue weighted by Crippen LogP contribution is -2.60. The molecular formula is C44H49FN2O3. The van der Waals surface area contributed by atoms with Crippen molar-refractivity contribution >= 4 is 21.9 Å². The van der Waals surface area contributed by atoms with Crippen molar-refractivity contribution in [3.05, 3.63) is 100 Å². The van der Waals surface area contributed by atoms with Gasteiger partial charge in [-0.15, -0.1) is 0 Å². The summed E-state index contributed by atoms with van der Waals surface area (Å²) in [6.45, 7) is 11.6. The molecule has 2 aliphatic carbocycles. The first kappa shape index (κ1) is 31.2. The van der Waals surface area contributed by atoms with Gasteiger partial charge in [-0.05, 0) is 92.9 Å². The van der Waals surface area contributed by atoms with Crippen molar-refractivity contribution in [3.8, 4) is 5.75 Å². The minimum atomic E-state index is -0.600. The molecule has 2 saturated carbocycles. The van der Waals surface area contributed by atoms with Gasteiger partial charge in [-0.2, -0.15) is 0 Å². The Bertz CT molecular complexity index is 2100. The molecule has 5 aromatic rings. The Hall–Kier alpha value is -3.61. The fourth-order valence-corrected chi connectivity index (χ4v) is 12.1. The van der Waals surface area contributed by atoms with E-state index < -0.39 is 5.82 Å². The van der Waals surface area contributed by atoms with Crippen molar-refractivity contribution in [2.75, 3.05) is 26.2 Å². The standard InChI is InChI=1S/C24H25NO.C20H24FNO2/c1-15-7-8-22-20(11-15)18-9-10-25-14-16-12-19(17-5-3-2-4-6-17)23(25)21(13-16)24(18)26-22;1-3-20(2)9-11-6-14-18-12(4-5-22(10-11)19(14)20)13-7-16(23)15(21)8-17(13)24-18/h2-8,11,16,19,21,23H,9-10,12-14H2,1H3;7-8,11,14,19,23H,3-6,9-10H2,1-2H3. The molecule has 8 aliphatic rings. The van der Waals surface area contributed by atoms with Gasteiger partial charge in [0.15, 0.2) is 11.6 Å². The lowest BCUT2D eigenvalue weighted by Gasteiger charge is -2.58. The van der Waals surface area contributed by atoms with Crippen LogP contribution in [0.3, 0.4) is 0 Å². The van der Waals surface area contributed by atoms with E-state index in [1.165, 1.54) is 91.2 Å². The van der Waals surface area contributed by atoms with E-state index in [0.29, 0.717) is 40.8 Å². The molecule has 6 aliphatic heterocycles. The third kappa shape index (κ3) is 4.70. The van der Waals surface area contributed by atoms with E-state index >= 15 is 0 Å². The number of rotatable bonds is 2. The van der Waals surface area contributed by atoms with Gasteiger partial charge in [0, 0.05) is 84.0 Å². The Morgan fingerprint density at radius 2 is 1.48 bits per heavy atom. The van der Waals surface area contributed by atoms with Crippen LogP contribution < -0.4 is 0 Å². The van der Waals surface area contributed by atoms with Crippen LogP contribution in [0.4, 0.5) is 4.39 Å². The smallest absolute Gasteiger partial charge is 0.168 e. The Balaban J connectivity index is 0.000000127. The first-order valence-corrected chi connectivity index (χ1v) is 19.3. The fourth-order valence-electron chi connectivity index (χ4n) is 12.1. The van der Waals surface area contributed by atoms with Gasteiger partial charge >= 0.3 is 0 Å². The summed E-state index contributed by atoms with van der Waals surface area (Å²) < 4.78 is 26.5. The van der Waals surface area contributed by atoms with E-state index in [4.69, 9.17) is 8.83 Å². The maximum Gasteiger partial charge on any atom is 0.168 e. The number of aryl methyl sites for hydroxylation is 1. The maximum atomic E-state index is 13.8. The molecule has 8 heterocycles. The van der Waals surface area contributed by atoms with Crippen LogP contribution in [0.2, 0.25) is 0 Å². The summed E-state index contributed by atoms with van der Waals surface area (Å²) in [5.41, 5.74) is 7.55. The summed E-state index contributed by atoms with van der Waals surface area (Å²) in [6.07, 6.45) is 8.38. The third-order valence-electron chi connectivity index (χ3n) is 14.1. The molecule has 10 unspecified atom stereocenters. The van der Waals surface area contributed by atoms with Gasteiger partial charge in [0.1, 0.15) is 22.7 Å². The first-order chi connectivity index (χ1) is 24.3. The highest BCUT2D eigenvalue weighted by atomic mass is 19.1. The summed E-state index contributed by atoms with van der Waals surface area (Å²) >= 11 is 0. The average Bonchev–Trinajstić information content (AvgIpc) is 3.60. The number of halogens is 1. The molecule has 1 N–H and O–H groups in total. The van der Waals surface area contributed by atoms with Gasteiger partial charge in [-0.3, -0.25) is 9.80 Å². The number of phenolic OH excluding ortho intramolecular Hbond substituents is 1. The van der Waals surface area contributed by atoms with Crippen LogP contribution in [0.1, 0.15) is 97.5 Å². The van der Waals surface area contributed by atoms with E-state index in [1.807, 2.05) is 0 Å². The molecule has 0 radical (unpaired) electrons. The van der Waals surface area contributed by atoms with Crippen LogP contribution in [0.15, 0.2) is 69.5 Å². The van der Waals surface area contributed by atoms with Crippen molar-refractivity contribution in [1.82, 2.24) is 9.80 Å². The normalized spacial score (nSPS) is 34.8. The molecule has 0 amide bonds. The van der Waals surface area contributed by atoms with Crippen LogP contribution in [0.25, 0.3) is 21.9 Å². The van der Waals surface area contributed by atoms with Crippen LogP contribution >= 0.6 is 0 Å². The number of benzene rings is 3. The summed E-state index contributed by atoms with van der Waals surface area (Å²) in [4.78, 5) is 5.47. The van der Waals surface area contributed by atoms with Crippen LogP contribution in [-0.2, 0) is 12.8 Å². The minimum absolute atomic E-state index is 0.279. The Kier molecular flexibility index (Phi) is 7.13. The molecule has 6 fully saturated rings. The molecule has 2 aromatic heterocycles. The number of phenols is 1. The van der Waals surface area contributed by atoms with E-state index in [0.717, 1.165) is 48.0 Å². The highest BCUT2D eigenvalue weighted by molar-refractivity contribution is 5.85. The van der Waals surface area contributed by atoms with E-state index in [-0.39, 0.29) is 5.75 Å². The summed E-state index contributed by atoms with van der Waals surface area (Å²) in [6, 6.07) is 21.9. The van der Waals surface area contributed by atoms with Crippen LogP contribution in [-0.4, -0.2) is 53.2 Å². The molecule has 260 valence electrons. The number of fused-ring (bicyclic) bond motifs is 8. The lowest BCUT2D eigenvalue weighted by molar-refractivity contribution is -0.0706. The predicted octanol–water partition coefficient (Wildman–Crippen LogP) is 9.69. The number of furan rings is 2. The fraction of sp³-hybridized carbons (Fsp3) is 0.500. The van der Waals surface area contributed by atoms with Crippen molar-refractivity contribution in [2.24, 2.45) is 17.3 Å². The molecular weight excluding hydrogens is 623 g/mol. The quantitative estimate of drug-likeness (QED) is 0.202. The van der Waals surface area contributed by atoms with Gasteiger partial charge in [0.05, 0.1) is 0 Å². The van der Waals surface area contributed by atoms with Gasteiger partial charge < -0.3 is 13.9 Å². The maximum absolute atomic E-state index is 13.8. The van der Waals surface area contributed by atoms with Gasteiger partial charge in [0.25, 0.3) is 0 Å². The van der Waals surface area contributed by atoms with Gasteiger partial charge in [-0.1, -0.05) is 55.8 Å². The lowest BCUT2D eigenvalue weighted by atomic mass is 9.58. The Labute approximate surface area is 294 Å². The molecule has 3 aromatic carbocycles. The second kappa shape index (κ2) is 11.4. The molecule has 10 atom stereocenters. The third-order valence-corrected chi connectivity index (χ3v) is 14.1. The average molecular weight is 673 g/mol. The molecule has 13 rings (SSSR count). The van der Waals surface area contributed by atoms with Crippen molar-refractivity contribution in [2.45, 2.75) is 95.6 Å². The molecule has 4 saturated heterocycles. The van der Waals surface area contributed by atoms with Crippen LogP contribution in [0.5, 0.6) is 5.75 Å².